The van der Waals surface area contributed by atoms with Crippen molar-refractivity contribution in [3.63, 3.8) is 0 Å². The van der Waals surface area contributed by atoms with Gasteiger partial charge in [-0.15, -0.1) is 0 Å². The van der Waals surface area contributed by atoms with Crippen molar-refractivity contribution in [2.24, 2.45) is 0 Å². The normalized spacial score (nSPS) is 9.82. The summed E-state index contributed by atoms with van der Waals surface area (Å²) in [6.07, 6.45) is 0.100. The van der Waals surface area contributed by atoms with Crippen LogP contribution in [0.1, 0.15) is 26.3 Å². The van der Waals surface area contributed by atoms with E-state index in [9.17, 15) is 19.5 Å². The Hall–Kier alpha value is -3.15. The first kappa shape index (κ1) is 15.2. The molecule has 0 saturated carbocycles. The summed E-state index contributed by atoms with van der Waals surface area (Å²) < 4.78 is 0. The lowest BCUT2D eigenvalue weighted by Gasteiger charge is -2.11. The SMILES string of the molecule is O=C(Cc1ccccc1)NNC(=O)c1ccccc1C(=O)[O-]. The average molecular weight is 297 g/mol. The second-order valence-corrected chi connectivity index (χ2v) is 4.50. The van der Waals surface area contributed by atoms with Crippen LogP contribution in [-0.4, -0.2) is 17.8 Å². The quantitative estimate of drug-likeness (QED) is 0.779. The van der Waals surface area contributed by atoms with Gasteiger partial charge in [-0.05, 0) is 11.6 Å². The highest BCUT2D eigenvalue weighted by Gasteiger charge is 2.12. The number of carbonyl (C=O) groups excluding carboxylic acids is 3. The molecular formula is C16H13N2O4-. The predicted molar refractivity (Wildman–Crippen MR) is 76.5 cm³/mol. The fraction of sp³-hybridized carbons (Fsp3) is 0.0625. The summed E-state index contributed by atoms with van der Waals surface area (Å²) in [6, 6.07) is 14.6. The number of hydrogen-bond donors (Lipinski definition) is 2. The van der Waals surface area contributed by atoms with Gasteiger partial charge < -0.3 is 9.90 Å². The third kappa shape index (κ3) is 3.92. The molecule has 0 aliphatic heterocycles. The Bertz CT molecular complexity index is 698. The van der Waals surface area contributed by atoms with E-state index in [4.69, 9.17) is 0 Å². The van der Waals surface area contributed by atoms with Crippen molar-refractivity contribution < 1.29 is 19.5 Å². The van der Waals surface area contributed by atoms with Crippen LogP contribution in [0.4, 0.5) is 0 Å². The highest BCUT2D eigenvalue weighted by Crippen LogP contribution is 2.07. The topological polar surface area (TPSA) is 98.3 Å². The Balaban J connectivity index is 1.96. The van der Waals surface area contributed by atoms with Gasteiger partial charge in [-0.2, -0.15) is 0 Å². The van der Waals surface area contributed by atoms with Gasteiger partial charge in [0.15, 0.2) is 0 Å². The van der Waals surface area contributed by atoms with Crippen LogP contribution in [0, 0.1) is 0 Å². The minimum atomic E-state index is -1.46. The monoisotopic (exact) mass is 297 g/mol. The Morgan fingerprint density at radius 2 is 1.41 bits per heavy atom. The number of carboxylic acids is 1. The lowest BCUT2D eigenvalue weighted by molar-refractivity contribution is -0.255. The van der Waals surface area contributed by atoms with Crippen LogP contribution in [0.15, 0.2) is 54.6 Å². The molecule has 2 rings (SSSR count). The van der Waals surface area contributed by atoms with E-state index >= 15 is 0 Å². The molecule has 2 aromatic carbocycles. The summed E-state index contributed by atoms with van der Waals surface area (Å²) in [5.41, 5.74) is 4.90. The molecule has 6 heteroatoms. The molecule has 0 unspecified atom stereocenters. The molecule has 0 radical (unpaired) electrons. The number of benzene rings is 2. The van der Waals surface area contributed by atoms with Gasteiger partial charge >= 0.3 is 0 Å². The molecule has 0 aliphatic rings. The smallest absolute Gasteiger partial charge is 0.270 e. The van der Waals surface area contributed by atoms with Crippen molar-refractivity contribution in [1.29, 1.82) is 0 Å². The molecule has 0 saturated heterocycles. The number of carboxylic acid groups (broad SMARTS) is 1. The van der Waals surface area contributed by atoms with Crippen LogP contribution in [-0.2, 0) is 11.2 Å². The van der Waals surface area contributed by atoms with Crippen molar-refractivity contribution in [3.05, 3.63) is 71.3 Å². The molecule has 2 N–H and O–H groups in total. The molecule has 112 valence electrons. The Morgan fingerprint density at radius 1 is 0.818 bits per heavy atom. The number of hydrogen-bond acceptors (Lipinski definition) is 4. The maximum Gasteiger partial charge on any atom is 0.270 e. The van der Waals surface area contributed by atoms with Crippen molar-refractivity contribution in [3.8, 4) is 0 Å². The van der Waals surface area contributed by atoms with Crippen LogP contribution in [0.2, 0.25) is 0 Å². The summed E-state index contributed by atoms with van der Waals surface area (Å²) in [6.45, 7) is 0. The third-order valence-corrected chi connectivity index (χ3v) is 2.91. The molecule has 2 aromatic rings. The number of hydrazine groups is 1. The highest BCUT2D eigenvalue weighted by molar-refractivity contribution is 6.04. The second-order valence-electron chi connectivity index (χ2n) is 4.50. The van der Waals surface area contributed by atoms with E-state index in [2.05, 4.69) is 10.9 Å². The maximum atomic E-state index is 11.9. The van der Waals surface area contributed by atoms with Gasteiger partial charge in [0, 0.05) is 5.56 Å². The van der Waals surface area contributed by atoms with Crippen LogP contribution >= 0.6 is 0 Å². The minimum Gasteiger partial charge on any atom is -0.545 e. The van der Waals surface area contributed by atoms with Gasteiger partial charge in [0.2, 0.25) is 5.91 Å². The average Bonchev–Trinajstić information content (AvgIpc) is 2.53. The van der Waals surface area contributed by atoms with E-state index in [1.807, 2.05) is 6.07 Å². The predicted octanol–water partition coefficient (Wildman–Crippen LogP) is 0.0538. The Morgan fingerprint density at radius 3 is 2.05 bits per heavy atom. The maximum absolute atomic E-state index is 11.9. The first-order valence-corrected chi connectivity index (χ1v) is 6.51. The summed E-state index contributed by atoms with van der Waals surface area (Å²) in [5, 5.41) is 10.9. The lowest BCUT2D eigenvalue weighted by atomic mass is 10.1. The number of nitrogens with one attached hydrogen (secondary N) is 2. The van der Waals surface area contributed by atoms with Gasteiger partial charge in [-0.3, -0.25) is 20.4 Å². The first-order valence-electron chi connectivity index (χ1n) is 6.51. The second kappa shape index (κ2) is 7.03. The van der Waals surface area contributed by atoms with Crippen molar-refractivity contribution in [2.75, 3.05) is 0 Å². The molecule has 6 nitrogen and oxygen atoms in total. The molecule has 0 bridgehead atoms. The van der Waals surface area contributed by atoms with Crippen LogP contribution in [0.5, 0.6) is 0 Å². The van der Waals surface area contributed by atoms with E-state index in [0.717, 1.165) is 5.56 Å². The largest absolute Gasteiger partial charge is 0.545 e. The van der Waals surface area contributed by atoms with Crippen molar-refractivity contribution in [1.82, 2.24) is 10.9 Å². The molecule has 0 aliphatic carbocycles. The van der Waals surface area contributed by atoms with Crippen LogP contribution in [0.25, 0.3) is 0 Å². The molecule has 0 spiro atoms. The Kier molecular flexibility index (Phi) is 4.87. The lowest BCUT2D eigenvalue weighted by Crippen LogP contribution is -2.43. The van der Waals surface area contributed by atoms with Crippen LogP contribution in [0.3, 0.4) is 0 Å². The molecule has 0 aromatic heterocycles. The van der Waals surface area contributed by atoms with E-state index in [0.29, 0.717) is 0 Å². The summed E-state index contributed by atoms with van der Waals surface area (Å²) in [4.78, 5) is 34.5. The molecule has 2 amide bonds. The van der Waals surface area contributed by atoms with Crippen LogP contribution < -0.4 is 16.0 Å². The molecule has 22 heavy (non-hydrogen) atoms. The van der Waals surface area contributed by atoms with Gasteiger partial charge in [0.25, 0.3) is 5.91 Å². The van der Waals surface area contributed by atoms with Gasteiger partial charge in [0.05, 0.1) is 18.0 Å². The first-order chi connectivity index (χ1) is 10.6. The molecule has 0 fully saturated rings. The molecule has 0 atom stereocenters. The number of carbonyl (C=O) groups is 3. The Labute approximate surface area is 126 Å². The van der Waals surface area contributed by atoms with E-state index in [1.165, 1.54) is 24.3 Å². The molecular weight excluding hydrogens is 284 g/mol. The summed E-state index contributed by atoms with van der Waals surface area (Å²) >= 11 is 0. The standard InChI is InChI=1S/C16H14N2O4/c19-14(10-11-6-2-1-3-7-11)17-18-15(20)12-8-4-5-9-13(12)16(21)22/h1-9H,10H2,(H,17,19)(H,18,20)(H,21,22)/p-1. The number of amides is 2. The van der Waals surface area contributed by atoms with E-state index in [1.54, 1.807) is 24.3 Å². The fourth-order valence-corrected chi connectivity index (χ4v) is 1.88. The van der Waals surface area contributed by atoms with Gasteiger partial charge in [-0.25, -0.2) is 0 Å². The zero-order valence-electron chi connectivity index (χ0n) is 11.5. The van der Waals surface area contributed by atoms with E-state index < -0.39 is 17.8 Å². The zero-order valence-corrected chi connectivity index (χ0v) is 11.5. The third-order valence-electron chi connectivity index (χ3n) is 2.91. The van der Waals surface area contributed by atoms with Gasteiger partial charge in [-0.1, -0.05) is 48.5 Å². The number of aromatic carboxylic acids is 1. The number of rotatable bonds is 4. The highest BCUT2D eigenvalue weighted by atomic mass is 16.4. The van der Waals surface area contributed by atoms with E-state index in [-0.39, 0.29) is 17.5 Å². The minimum absolute atomic E-state index is 0.0810. The summed E-state index contributed by atoms with van der Waals surface area (Å²) in [7, 11) is 0. The summed E-state index contributed by atoms with van der Waals surface area (Å²) in [5.74, 6) is -2.59. The zero-order chi connectivity index (χ0) is 15.9. The van der Waals surface area contributed by atoms with Crippen molar-refractivity contribution in [2.45, 2.75) is 6.42 Å². The van der Waals surface area contributed by atoms with Gasteiger partial charge in [0.1, 0.15) is 0 Å². The van der Waals surface area contributed by atoms with Crippen molar-refractivity contribution >= 4 is 17.8 Å². The molecule has 0 heterocycles. The fourth-order valence-electron chi connectivity index (χ4n) is 1.88.